The van der Waals surface area contributed by atoms with Crippen molar-refractivity contribution < 1.29 is 17.7 Å². The van der Waals surface area contributed by atoms with Gasteiger partial charge in [-0.25, -0.2) is 13.1 Å². The molecule has 3 N–H and O–H groups in total. The first-order chi connectivity index (χ1) is 8.29. The molecule has 0 amide bonds. The van der Waals surface area contributed by atoms with Gasteiger partial charge < -0.3 is 5.73 Å². The molecule has 0 spiro atoms. The Hall–Kier alpha value is -1.58. The molecule has 0 aliphatic rings. The van der Waals surface area contributed by atoms with Gasteiger partial charge in [0, 0.05) is 12.6 Å². The Morgan fingerprint density at radius 2 is 2.17 bits per heavy atom. The number of halogens is 1. The molecule has 0 bridgehead atoms. The number of nitro groups is 1. The number of para-hydroxylation sites is 1. The third-order valence-electron chi connectivity index (χ3n) is 2.13. The van der Waals surface area contributed by atoms with E-state index in [0.29, 0.717) is 0 Å². The first kappa shape index (κ1) is 14.5. The number of hydrogen-bond donors (Lipinski definition) is 2. The largest absolute Gasteiger partial charge is 0.329 e. The monoisotopic (exact) mass is 277 g/mol. The van der Waals surface area contributed by atoms with Gasteiger partial charge >= 0.3 is 5.69 Å². The summed E-state index contributed by atoms with van der Waals surface area (Å²) in [6.07, 6.45) is 0. The lowest BCUT2D eigenvalue weighted by molar-refractivity contribution is -0.390. The molecule has 0 saturated heterocycles. The topological polar surface area (TPSA) is 115 Å². The Morgan fingerprint density at radius 3 is 2.67 bits per heavy atom. The van der Waals surface area contributed by atoms with E-state index in [1.54, 1.807) is 0 Å². The standard InChI is InChI=1S/C9H12FN3O4S/c1-6(5-11)12-18(16,17)8-4-2-3-7(10)9(8)13(14)15/h2-4,6,12H,5,11H2,1H3/t6-/m0/s1. The van der Waals surface area contributed by atoms with Gasteiger partial charge in [-0.05, 0) is 19.1 Å². The SMILES string of the molecule is C[C@@H](CN)NS(=O)(=O)c1cccc(F)c1[N+](=O)[O-]. The first-order valence-electron chi connectivity index (χ1n) is 4.95. The predicted octanol–water partition coefficient (Wildman–Crippen LogP) is 0.359. The van der Waals surface area contributed by atoms with Crippen LogP contribution in [0.3, 0.4) is 0 Å². The fourth-order valence-electron chi connectivity index (χ4n) is 1.27. The maximum absolute atomic E-state index is 13.3. The highest BCUT2D eigenvalue weighted by Gasteiger charge is 2.29. The van der Waals surface area contributed by atoms with Gasteiger partial charge in [0.1, 0.15) is 0 Å². The van der Waals surface area contributed by atoms with Gasteiger partial charge in [0.05, 0.1) is 4.92 Å². The zero-order valence-electron chi connectivity index (χ0n) is 9.46. The van der Waals surface area contributed by atoms with Crippen molar-refractivity contribution in [3.63, 3.8) is 0 Å². The predicted molar refractivity (Wildman–Crippen MR) is 61.9 cm³/mol. The van der Waals surface area contributed by atoms with E-state index in [2.05, 4.69) is 4.72 Å². The van der Waals surface area contributed by atoms with Crippen molar-refractivity contribution in [2.45, 2.75) is 17.9 Å². The van der Waals surface area contributed by atoms with E-state index in [9.17, 15) is 22.9 Å². The Kier molecular flexibility index (Phi) is 4.33. The number of sulfonamides is 1. The van der Waals surface area contributed by atoms with Crippen LogP contribution in [0.15, 0.2) is 23.1 Å². The van der Waals surface area contributed by atoms with E-state index >= 15 is 0 Å². The molecule has 100 valence electrons. The average Bonchev–Trinajstić information content (AvgIpc) is 2.27. The van der Waals surface area contributed by atoms with Crippen LogP contribution in [0.5, 0.6) is 0 Å². The molecule has 18 heavy (non-hydrogen) atoms. The zero-order chi connectivity index (χ0) is 13.9. The molecule has 0 aliphatic carbocycles. The third-order valence-corrected chi connectivity index (χ3v) is 3.75. The first-order valence-corrected chi connectivity index (χ1v) is 6.43. The highest BCUT2D eigenvalue weighted by atomic mass is 32.2. The van der Waals surface area contributed by atoms with Gasteiger partial charge in [0.25, 0.3) is 0 Å². The highest BCUT2D eigenvalue weighted by Crippen LogP contribution is 2.26. The summed E-state index contributed by atoms with van der Waals surface area (Å²) in [6, 6.07) is 2.26. The maximum atomic E-state index is 13.3. The van der Waals surface area contributed by atoms with E-state index in [1.165, 1.54) is 6.92 Å². The quantitative estimate of drug-likeness (QED) is 0.595. The Bertz CT molecular complexity index is 561. The van der Waals surface area contributed by atoms with Crippen LogP contribution in [-0.2, 0) is 10.0 Å². The average molecular weight is 277 g/mol. The third kappa shape index (κ3) is 3.00. The van der Waals surface area contributed by atoms with Crippen LogP contribution in [0.4, 0.5) is 10.1 Å². The molecule has 1 rings (SSSR count). The van der Waals surface area contributed by atoms with Crippen molar-refractivity contribution in [1.29, 1.82) is 0 Å². The number of nitrogens with zero attached hydrogens (tertiary/aromatic N) is 1. The summed E-state index contributed by atoms with van der Waals surface area (Å²) in [5.74, 6) is -1.21. The van der Waals surface area contributed by atoms with Crippen molar-refractivity contribution in [3.8, 4) is 0 Å². The number of nitrogens with one attached hydrogen (secondary N) is 1. The molecule has 1 atom stereocenters. The number of nitro benzene ring substituents is 1. The van der Waals surface area contributed by atoms with Crippen LogP contribution >= 0.6 is 0 Å². The molecule has 0 unspecified atom stereocenters. The summed E-state index contributed by atoms with van der Waals surface area (Å²) < 4.78 is 39.1. The molecule has 9 heteroatoms. The lowest BCUT2D eigenvalue weighted by Gasteiger charge is -2.12. The molecule has 0 saturated carbocycles. The van der Waals surface area contributed by atoms with Crippen molar-refractivity contribution in [2.24, 2.45) is 5.73 Å². The van der Waals surface area contributed by atoms with Crippen LogP contribution in [0.2, 0.25) is 0 Å². The van der Waals surface area contributed by atoms with E-state index < -0.39 is 37.4 Å². The maximum Gasteiger partial charge on any atom is 0.324 e. The molecule has 1 aromatic carbocycles. The summed E-state index contributed by atoms with van der Waals surface area (Å²) in [5, 5.41) is 10.7. The molecular weight excluding hydrogens is 265 g/mol. The number of benzene rings is 1. The van der Waals surface area contributed by atoms with Crippen LogP contribution < -0.4 is 10.5 Å². The second kappa shape index (κ2) is 5.38. The minimum atomic E-state index is -4.18. The Balaban J connectivity index is 3.33. The minimum Gasteiger partial charge on any atom is -0.329 e. The number of hydrogen-bond acceptors (Lipinski definition) is 5. The molecule has 0 heterocycles. The molecule has 0 aliphatic heterocycles. The second-order valence-corrected chi connectivity index (χ2v) is 5.28. The lowest BCUT2D eigenvalue weighted by Crippen LogP contribution is -2.38. The highest BCUT2D eigenvalue weighted by molar-refractivity contribution is 7.89. The molecular formula is C9H12FN3O4S. The van der Waals surface area contributed by atoms with E-state index in [-0.39, 0.29) is 6.54 Å². The van der Waals surface area contributed by atoms with Gasteiger partial charge in [0.15, 0.2) is 4.90 Å². The summed E-state index contributed by atoms with van der Waals surface area (Å²) in [6.45, 7) is 1.50. The lowest BCUT2D eigenvalue weighted by atomic mass is 10.3. The van der Waals surface area contributed by atoms with Gasteiger partial charge in [-0.1, -0.05) is 6.07 Å². The molecule has 1 aromatic rings. The second-order valence-electron chi connectivity index (χ2n) is 3.60. The van der Waals surface area contributed by atoms with Crippen LogP contribution in [0.25, 0.3) is 0 Å². The van der Waals surface area contributed by atoms with E-state index in [4.69, 9.17) is 5.73 Å². The fourth-order valence-corrected chi connectivity index (χ4v) is 2.70. The van der Waals surface area contributed by atoms with Crippen molar-refractivity contribution in [2.75, 3.05) is 6.54 Å². The molecule has 0 fully saturated rings. The number of rotatable bonds is 5. The summed E-state index contributed by atoms with van der Waals surface area (Å²) >= 11 is 0. The Labute approximate surface area is 103 Å². The fraction of sp³-hybridized carbons (Fsp3) is 0.333. The zero-order valence-corrected chi connectivity index (χ0v) is 10.3. The van der Waals surface area contributed by atoms with Crippen molar-refractivity contribution in [3.05, 3.63) is 34.1 Å². The van der Waals surface area contributed by atoms with E-state index in [0.717, 1.165) is 18.2 Å². The van der Waals surface area contributed by atoms with Gasteiger partial charge in [0.2, 0.25) is 15.8 Å². The Morgan fingerprint density at radius 1 is 1.56 bits per heavy atom. The van der Waals surface area contributed by atoms with Crippen LogP contribution in [0, 0.1) is 15.9 Å². The molecule has 0 radical (unpaired) electrons. The molecule has 0 aromatic heterocycles. The smallest absolute Gasteiger partial charge is 0.324 e. The van der Waals surface area contributed by atoms with Crippen molar-refractivity contribution >= 4 is 15.7 Å². The van der Waals surface area contributed by atoms with Gasteiger partial charge in [-0.3, -0.25) is 10.1 Å². The van der Waals surface area contributed by atoms with Crippen molar-refractivity contribution in [1.82, 2.24) is 4.72 Å². The minimum absolute atomic E-state index is 0.0162. The summed E-state index contributed by atoms with van der Waals surface area (Å²) in [7, 11) is -4.18. The van der Waals surface area contributed by atoms with Crippen LogP contribution in [-0.4, -0.2) is 25.9 Å². The van der Waals surface area contributed by atoms with Crippen LogP contribution in [0.1, 0.15) is 6.92 Å². The normalized spacial score (nSPS) is 13.3. The summed E-state index contributed by atoms with van der Waals surface area (Å²) in [4.78, 5) is 8.91. The number of nitrogens with two attached hydrogens (primary N) is 1. The molecule has 7 nitrogen and oxygen atoms in total. The summed E-state index contributed by atoms with van der Waals surface area (Å²) in [5.41, 5.74) is 4.18. The van der Waals surface area contributed by atoms with E-state index in [1.807, 2.05) is 0 Å². The van der Waals surface area contributed by atoms with Gasteiger partial charge in [-0.15, -0.1) is 0 Å². The van der Waals surface area contributed by atoms with Gasteiger partial charge in [-0.2, -0.15) is 4.39 Å².